The predicted molar refractivity (Wildman–Crippen MR) is 57.2 cm³/mol. The summed E-state index contributed by atoms with van der Waals surface area (Å²) in [5.41, 5.74) is 1.73. The fraction of sp³-hybridized carbons (Fsp3) is 0.0909. The Hall–Kier alpha value is -2.10. The van der Waals surface area contributed by atoms with Crippen LogP contribution in [-0.2, 0) is 0 Å². The lowest BCUT2D eigenvalue weighted by Crippen LogP contribution is -1.98. The summed E-state index contributed by atoms with van der Waals surface area (Å²) in [5.74, 6) is 0. The van der Waals surface area contributed by atoms with Crippen LogP contribution in [0.25, 0.3) is 5.69 Å². The third-order valence-electron chi connectivity index (χ3n) is 2.21. The first kappa shape index (κ1) is 9.45. The molecule has 0 unspecified atom stereocenters. The van der Waals surface area contributed by atoms with Gasteiger partial charge in [-0.15, -0.1) is 0 Å². The fourth-order valence-electron chi connectivity index (χ4n) is 1.49. The Bertz CT molecular complexity index is 489. The fourth-order valence-corrected chi connectivity index (χ4v) is 1.49. The van der Waals surface area contributed by atoms with Gasteiger partial charge < -0.3 is 4.57 Å². The highest BCUT2D eigenvalue weighted by molar-refractivity contribution is 5.54. The lowest BCUT2D eigenvalue weighted by molar-refractivity contribution is -0.384. The molecule has 0 atom stereocenters. The molecule has 15 heavy (non-hydrogen) atoms. The van der Waals surface area contributed by atoms with Crippen LogP contribution >= 0.6 is 0 Å². The second-order valence-electron chi connectivity index (χ2n) is 3.34. The molecular formula is C11H10N2O2. The molecule has 0 fully saturated rings. The van der Waals surface area contributed by atoms with Gasteiger partial charge in [-0.1, -0.05) is 6.07 Å². The minimum atomic E-state index is -0.366. The van der Waals surface area contributed by atoms with Crippen LogP contribution in [0.4, 0.5) is 5.69 Å². The third kappa shape index (κ3) is 1.74. The molecule has 0 aliphatic heterocycles. The zero-order valence-corrected chi connectivity index (χ0v) is 8.25. The van der Waals surface area contributed by atoms with Gasteiger partial charge in [0.1, 0.15) is 5.69 Å². The second kappa shape index (κ2) is 3.57. The molecule has 0 radical (unpaired) electrons. The minimum Gasteiger partial charge on any atom is -0.318 e. The number of nitrogens with zero attached hydrogens (tertiary/aromatic N) is 2. The van der Waals surface area contributed by atoms with E-state index in [-0.39, 0.29) is 10.6 Å². The molecule has 76 valence electrons. The molecule has 2 aromatic rings. The molecule has 0 bridgehead atoms. The average Bonchev–Trinajstić information content (AvgIpc) is 2.69. The largest absolute Gasteiger partial charge is 0.318 e. The van der Waals surface area contributed by atoms with Crippen molar-refractivity contribution in [2.24, 2.45) is 0 Å². The topological polar surface area (TPSA) is 48.1 Å². The standard InChI is InChI=1S/C11H10N2O2/c1-9-4-5-10(13(14)15)11(8-9)12-6-2-3-7-12/h2-8H,1H3. The number of benzene rings is 1. The summed E-state index contributed by atoms with van der Waals surface area (Å²) in [6.45, 7) is 1.91. The summed E-state index contributed by atoms with van der Waals surface area (Å²) < 4.78 is 1.74. The van der Waals surface area contributed by atoms with E-state index >= 15 is 0 Å². The van der Waals surface area contributed by atoms with Gasteiger partial charge in [-0.05, 0) is 30.7 Å². The summed E-state index contributed by atoms with van der Waals surface area (Å²) in [5, 5.41) is 10.8. The zero-order valence-electron chi connectivity index (χ0n) is 8.25. The number of aryl methyl sites for hydroxylation is 1. The Morgan fingerprint density at radius 3 is 2.53 bits per heavy atom. The normalized spacial score (nSPS) is 10.2. The summed E-state index contributed by atoms with van der Waals surface area (Å²) in [6, 6.07) is 8.76. The van der Waals surface area contributed by atoms with Crippen molar-refractivity contribution in [2.45, 2.75) is 6.92 Å². The van der Waals surface area contributed by atoms with E-state index in [0.29, 0.717) is 5.69 Å². The van der Waals surface area contributed by atoms with Gasteiger partial charge in [0.15, 0.2) is 0 Å². The van der Waals surface area contributed by atoms with Crippen LogP contribution in [0.15, 0.2) is 42.7 Å². The van der Waals surface area contributed by atoms with E-state index in [0.717, 1.165) is 5.56 Å². The number of nitro groups is 1. The Kier molecular flexibility index (Phi) is 2.25. The molecular weight excluding hydrogens is 192 g/mol. The van der Waals surface area contributed by atoms with E-state index in [9.17, 15) is 10.1 Å². The van der Waals surface area contributed by atoms with Crippen LogP contribution < -0.4 is 0 Å². The Morgan fingerprint density at radius 1 is 1.27 bits per heavy atom. The van der Waals surface area contributed by atoms with Gasteiger partial charge in [0.2, 0.25) is 0 Å². The minimum absolute atomic E-state index is 0.122. The zero-order chi connectivity index (χ0) is 10.8. The molecule has 1 aromatic heterocycles. The second-order valence-corrected chi connectivity index (χ2v) is 3.34. The third-order valence-corrected chi connectivity index (χ3v) is 2.21. The van der Waals surface area contributed by atoms with E-state index in [2.05, 4.69) is 0 Å². The van der Waals surface area contributed by atoms with Gasteiger partial charge in [0, 0.05) is 18.5 Å². The Balaban J connectivity index is 2.63. The summed E-state index contributed by atoms with van der Waals surface area (Å²) in [7, 11) is 0. The number of aromatic nitrogens is 1. The maximum Gasteiger partial charge on any atom is 0.293 e. The Labute approximate surface area is 86.9 Å². The summed E-state index contributed by atoms with van der Waals surface area (Å²) in [6.07, 6.45) is 3.59. The highest BCUT2D eigenvalue weighted by atomic mass is 16.6. The molecule has 0 spiro atoms. The first-order valence-corrected chi connectivity index (χ1v) is 4.57. The first-order valence-electron chi connectivity index (χ1n) is 4.57. The number of hydrogen-bond donors (Lipinski definition) is 0. The van der Waals surface area contributed by atoms with Gasteiger partial charge in [-0.25, -0.2) is 0 Å². The van der Waals surface area contributed by atoms with Gasteiger partial charge in [0.05, 0.1) is 4.92 Å². The van der Waals surface area contributed by atoms with Crippen molar-refractivity contribution < 1.29 is 4.92 Å². The molecule has 0 aliphatic carbocycles. The van der Waals surface area contributed by atoms with Crippen molar-refractivity contribution in [1.82, 2.24) is 4.57 Å². The van der Waals surface area contributed by atoms with E-state index in [1.807, 2.05) is 19.1 Å². The molecule has 4 nitrogen and oxygen atoms in total. The predicted octanol–water partition coefficient (Wildman–Crippen LogP) is 2.69. The van der Waals surface area contributed by atoms with Crippen LogP contribution in [0.5, 0.6) is 0 Å². The maximum absolute atomic E-state index is 10.8. The van der Waals surface area contributed by atoms with E-state index in [1.165, 1.54) is 6.07 Å². The van der Waals surface area contributed by atoms with Crippen LogP contribution in [0, 0.1) is 17.0 Å². The van der Waals surface area contributed by atoms with E-state index in [4.69, 9.17) is 0 Å². The van der Waals surface area contributed by atoms with Gasteiger partial charge in [-0.3, -0.25) is 10.1 Å². The molecule has 0 N–H and O–H groups in total. The van der Waals surface area contributed by atoms with Crippen molar-refractivity contribution in [2.75, 3.05) is 0 Å². The molecule has 1 aromatic carbocycles. The molecule has 1 heterocycles. The highest BCUT2D eigenvalue weighted by Crippen LogP contribution is 2.23. The molecule has 2 rings (SSSR count). The molecule has 4 heteroatoms. The summed E-state index contributed by atoms with van der Waals surface area (Å²) in [4.78, 5) is 10.5. The van der Waals surface area contributed by atoms with Crippen LogP contribution in [0.3, 0.4) is 0 Å². The van der Waals surface area contributed by atoms with Gasteiger partial charge >= 0.3 is 0 Å². The number of nitro benzene ring substituents is 1. The Morgan fingerprint density at radius 2 is 1.93 bits per heavy atom. The van der Waals surface area contributed by atoms with Crippen LogP contribution in [0.2, 0.25) is 0 Å². The number of hydrogen-bond acceptors (Lipinski definition) is 2. The average molecular weight is 202 g/mol. The van der Waals surface area contributed by atoms with E-state index in [1.54, 1.807) is 29.1 Å². The smallest absolute Gasteiger partial charge is 0.293 e. The molecule has 0 aliphatic rings. The summed E-state index contributed by atoms with van der Waals surface area (Å²) >= 11 is 0. The van der Waals surface area contributed by atoms with Crippen molar-refractivity contribution in [1.29, 1.82) is 0 Å². The van der Waals surface area contributed by atoms with Crippen LogP contribution in [0.1, 0.15) is 5.56 Å². The van der Waals surface area contributed by atoms with Gasteiger partial charge in [0.25, 0.3) is 5.69 Å². The molecule has 0 amide bonds. The quantitative estimate of drug-likeness (QED) is 0.555. The van der Waals surface area contributed by atoms with Crippen molar-refractivity contribution in [3.8, 4) is 5.69 Å². The lowest BCUT2D eigenvalue weighted by Gasteiger charge is -2.04. The lowest BCUT2D eigenvalue weighted by atomic mass is 10.2. The molecule has 0 saturated carbocycles. The monoisotopic (exact) mass is 202 g/mol. The van der Waals surface area contributed by atoms with E-state index < -0.39 is 0 Å². The molecule has 0 saturated heterocycles. The first-order chi connectivity index (χ1) is 7.18. The number of rotatable bonds is 2. The van der Waals surface area contributed by atoms with Gasteiger partial charge in [-0.2, -0.15) is 0 Å². The van der Waals surface area contributed by atoms with Crippen molar-refractivity contribution in [3.63, 3.8) is 0 Å². The maximum atomic E-state index is 10.8. The highest BCUT2D eigenvalue weighted by Gasteiger charge is 2.13. The SMILES string of the molecule is Cc1ccc([N+](=O)[O-])c(-n2cccc2)c1. The van der Waals surface area contributed by atoms with Crippen molar-refractivity contribution in [3.05, 3.63) is 58.4 Å². The van der Waals surface area contributed by atoms with Crippen LogP contribution in [-0.4, -0.2) is 9.49 Å². The van der Waals surface area contributed by atoms with Crippen molar-refractivity contribution >= 4 is 5.69 Å².